The Labute approximate surface area is 149 Å². The zero-order valence-corrected chi connectivity index (χ0v) is 14.9. The number of amides is 1. The number of hydrogen-bond donors (Lipinski definition) is 1. The van der Waals surface area contributed by atoms with Gasteiger partial charge in [0.1, 0.15) is 11.4 Å². The van der Waals surface area contributed by atoms with E-state index in [0.717, 1.165) is 25.0 Å². The van der Waals surface area contributed by atoms with E-state index in [1.165, 1.54) is 0 Å². The van der Waals surface area contributed by atoms with Gasteiger partial charge in [0, 0.05) is 24.5 Å². The van der Waals surface area contributed by atoms with Crippen LogP contribution in [0.4, 0.5) is 28.0 Å². The minimum atomic E-state index is -4.56. The Hall–Kier alpha value is -1.99. The summed E-state index contributed by atoms with van der Waals surface area (Å²) < 4.78 is 56.9. The molecule has 2 fully saturated rings. The number of anilines is 1. The summed E-state index contributed by atoms with van der Waals surface area (Å²) >= 11 is 0. The summed E-state index contributed by atoms with van der Waals surface area (Å²) in [6.07, 6.45) is -3.41. The van der Waals surface area contributed by atoms with E-state index in [1.54, 1.807) is 4.90 Å². The second kappa shape index (κ2) is 6.03. The quantitative estimate of drug-likeness (QED) is 0.766. The monoisotopic (exact) mass is 374 g/mol. The van der Waals surface area contributed by atoms with E-state index in [2.05, 4.69) is 5.32 Å². The Morgan fingerprint density at radius 3 is 2.35 bits per heavy atom. The summed E-state index contributed by atoms with van der Waals surface area (Å²) in [5.74, 6) is -0.912. The van der Waals surface area contributed by atoms with Crippen LogP contribution < -0.4 is 5.32 Å². The molecule has 1 aliphatic carbocycles. The topological polar surface area (TPSA) is 41.6 Å². The average Bonchev–Trinajstić information content (AvgIpc) is 2.38. The maximum Gasteiger partial charge on any atom is 0.416 e. The summed E-state index contributed by atoms with van der Waals surface area (Å²) in [5, 5.41) is 2.95. The molecule has 1 saturated carbocycles. The van der Waals surface area contributed by atoms with Crippen LogP contribution in [0.15, 0.2) is 18.2 Å². The molecule has 1 spiro atoms. The van der Waals surface area contributed by atoms with Crippen LogP contribution in [0, 0.1) is 11.2 Å². The molecular weight excluding hydrogens is 352 g/mol. The highest BCUT2D eigenvalue weighted by atomic mass is 19.4. The van der Waals surface area contributed by atoms with Gasteiger partial charge in [-0.1, -0.05) is 0 Å². The van der Waals surface area contributed by atoms with Gasteiger partial charge in [-0.3, -0.25) is 0 Å². The summed E-state index contributed by atoms with van der Waals surface area (Å²) in [6.45, 7) is 6.61. The van der Waals surface area contributed by atoms with Crippen molar-refractivity contribution in [1.82, 2.24) is 4.90 Å². The van der Waals surface area contributed by atoms with Crippen molar-refractivity contribution in [3.8, 4) is 0 Å². The Morgan fingerprint density at radius 2 is 1.85 bits per heavy atom. The van der Waals surface area contributed by atoms with Crippen LogP contribution >= 0.6 is 0 Å². The predicted octanol–water partition coefficient (Wildman–Crippen LogP) is 4.66. The molecule has 0 atom stereocenters. The van der Waals surface area contributed by atoms with E-state index in [4.69, 9.17) is 4.74 Å². The third kappa shape index (κ3) is 3.88. The average molecular weight is 374 g/mol. The summed E-state index contributed by atoms with van der Waals surface area (Å²) in [7, 11) is 0. The normalized spacial score (nSPS) is 19.7. The van der Waals surface area contributed by atoms with Gasteiger partial charge in [0.15, 0.2) is 0 Å². The van der Waals surface area contributed by atoms with E-state index in [0.29, 0.717) is 19.2 Å². The second-order valence-corrected chi connectivity index (χ2v) is 8.28. The molecule has 3 rings (SSSR count). The van der Waals surface area contributed by atoms with Crippen molar-refractivity contribution in [1.29, 1.82) is 0 Å². The maximum atomic E-state index is 13.9. The summed E-state index contributed by atoms with van der Waals surface area (Å²) in [6, 6.07) is 2.48. The van der Waals surface area contributed by atoms with Crippen LogP contribution in [0.3, 0.4) is 0 Å². The highest BCUT2D eigenvalue weighted by Gasteiger charge is 2.54. The number of hydrogen-bond acceptors (Lipinski definition) is 3. The summed E-state index contributed by atoms with van der Waals surface area (Å²) in [5.41, 5.74) is -1.46. The van der Waals surface area contributed by atoms with Crippen LogP contribution in [-0.2, 0) is 10.9 Å². The fraction of sp³-hybridized carbons (Fsp3) is 0.611. The van der Waals surface area contributed by atoms with Gasteiger partial charge in [0.25, 0.3) is 0 Å². The van der Waals surface area contributed by atoms with E-state index in [9.17, 15) is 22.4 Å². The first kappa shape index (κ1) is 18.8. The van der Waals surface area contributed by atoms with Crippen molar-refractivity contribution in [2.75, 3.05) is 18.4 Å². The Morgan fingerprint density at radius 1 is 1.23 bits per heavy atom. The van der Waals surface area contributed by atoms with E-state index in [-0.39, 0.29) is 23.2 Å². The first-order valence-electron chi connectivity index (χ1n) is 8.48. The molecule has 144 valence electrons. The van der Waals surface area contributed by atoms with E-state index < -0.39 is 23.2 Å². The maximum absolute atomic E-state index is 13.9. The van der Waals surface area contributed by atoms with Crippen LogP contribution in [0.25, 0.3) is 0 Å². The number of carbonyl (C=O) groups excluding carboxylic acids is 1. The number of nitrogens with one attached hydrogen (secondary N) is 1. The standard InChI is InChI=1S/C18H22F4N2O2/c1-16(2,3)26-15(25)24-9-17(10-24)7-12(8-17)23-14-5-4-11(6-13(14)19)18(20,21)22/h4-6,12,23H,7-10H2,1-3H3. The fourth-order valence-electron chi connectivity index (χ4n) is 3.59. The number of carbonyl (C=O) groups is 1. The molecular formula is C18H22F4N2O2. The van der Waals surface area contributed by atoms with E-state index >= 15 is 0 Å². The van der Waals surface area contributed by atoms with E-state index in [1.807, 2.05) is 20.8 Å². The molecule has 0 aromatic heterocycles. The fourth-order valence-corrected chi connectivity index (χ4v) is 3.59. The zero-order chi connectivity index (χ0) is 19.3. The number of rotatable bonds is 2. The molecule has 1 aromatic rings. The number of alkyl halides is 3. The van der Waals surface area contributed by atoms with Gasteiger partial charge in [-0.15, -0.1) is 0 Å². The van der Waals surface area contributed by atoms with Crippen molar-refractivity contribution >= 4 is 11.8 Å². The third-order valence-electron chi connectivity index (χ3n) is 4.72. The van der Waals surface area contributed by atoms with Crippen molar-refractivity contribution < 1.29 is 27.1 Å². The number of likely N-dealkylation sites (tertiary alicyclic amines) is 1. The molecule has 0 radical (unpaired) electrons. The molecule has 1 heterocycles. The van der Waals surface area contributed by atoms with Crippen molar-refractivity contribution in [3.05, 3.63) is 29.6 Å². The first-order chi connectivity index (χ1) is 11.9. The predicted molar refractivity (Wildman–Crippen MR) is 88.3 cm³/mol. The molecule has 1 saturated heterocycles. The molecule has 0 bridgehead atoms. The zero-order valence-electron chi connectivity index (χ0n) is 14.9. The Kier molecular flexibility index (Phi) is 4.36. The summed E-state index contributed by atoms with van der Waals surface area (Å²) in [4.78, 5) is 13.6. The lowest BCUT2D eigenvalue weighted by Crippen LogP contribution is -2.66. The Balaban J connectivity index is 1.49. The van der Waals surface area contributed by atoms with Crippen LogP contribution in [0.5, 0.6) is 0 Å². The van der Waals surface area contributed by atoms with Gasteiger partial charge in [0.2, 0.25) is 0 Å². The smallest absolute Gasteiger partial charge is 0.416 e. The van der Waals surface area contributed by atoms with Gasteiger partial charge in [-0.25, -0.2) is 9.18 Å². The molecule has 8 heteroatoms. The minimum Gasteiger partial charge on any atom is -0.444 e. The van der Waals surface area contributed by atoms with Gasteiger partial charge >= 0.3 is 12.3 Å². The van der Waals surface area contributed by atoms with Gasteiger partial charge < -0.3 is 15.0 Å². The highest BCUT2D eigenvalue weighted by molar-refractivity contribution is 5.69. The largest absolute Gasteiger partial charge is 0.444 e. The lowest BCUT2D eigenvalue weighted by Gasteiger charge is -2.58. The molecule has 1 N–H and O–H groups in total. The number of benzene rings is 1. The molecule has 1 aromatic carbocycles. The van der Waals surface area contributed by atoms with Crippen molar-refractivity contribution in [2.24, 2.45) is 5.41 Å². The number of ether oxygens (including phenoxy) is 1. The second-order valence-electron chi connectivity index (χ2n) is 8.28. The van der Waals surface area contributed by atoms with Crippen LogP contribution in [0.2, 0.25) is 0 Å². The highest BCUT2D eigenvalue weighted by Crippen LogP contribution is 2.49. The lowest BCUT2D eigenvalue weighted by molar-refractivity contribution is -0.137. The van der Waals surface area contributed by atoms with Crippen molar-refractivity contribution in [3.63, 3.8) is 0 Å². The minimum absolute atomic E-state index is 0.0109. The first-order valence-corrected chi connectivity index (χ1v) is 8.48. The SMILES string of the molecule is CC(C)(C)OC(=O)N1CC2(CC(Nc3ccc(C(F)(F)F)cc3F)C2)C1. The molecule has 4 nitrogen and oxygen atoms in total. The van der Waals surface area contributed by atoms with Gasteiger partial charge in [-0.2, -0.15) is 13.2 Å². The van der Waals surface area contributed by atoms with Crippen molar-refractivity contribution in [2.45, 2.75) is 51.4 Å². The molecule has 2 aliphatic rings. The number of halogens is 4. The molecule has 1 aliphatic heterocycles. The third-order valence-corrected chi connectivity index (χ3v) is 4.72. The van der Waals surface area contributed by atoms with Gasteiger partial charge in [0.05, 0.1) is 11.3 Å². The number of nitrogens with zero attached hydrogens (tertiary/aromatic N) is 1. The lowest BCUT2D eigenvalue weighted by atomic mass is 9.60. The van der Waals surface area contributed by atoms with Gasteiger partial charge in [-0.05, 0) is 51.8 Å². The van der Waals surface area contributed by atoms with Crippen LogP contribution in [0.1, 0.15) is 39.2 Å². The molecule has 1 amide bonds. The Bertz CT molecular complexity index is 698. The molecule has 26 heavy (non-hydrogen) atoms. The molecule has 0 unspecified atom stereocenters. The van der Waals surface area contributed by atoms with Crippen LogP contribution in [-0.4, -0.2) is 35.7 Å².